The van der Waals surface area contributed by atoms with Crippen molar-refractivity contribution >= 4 is 40.8 Å². The zero-order chi connectivity index (χ0) is 30.9. The highest BCUT2D eigenvalue weighted by Crippen LogP contribution is 2.29. The van der Waals surface area contributed by atoms with E-state index in [1.165, 1.54) is 0 Å². The molecule has 0 radical (unpaired) electrons. The first-order valence-corrected chi connectivity index (χ1v) is 15.0. The van der Waals surface area contributed by atoms with Crippen molar-refractivity contribution in [3.05, 3.63) is 124 Å². The predicted molar refractivity (Wildman–Crippen MR) is 174 cm³/mol. The number of allylic oxidation sites excluding steroid dienone is 17. The summed E-state index contributed by atoms with van der Waals surface area (Å²) < 4.78 is 22.8. The number of aliphatic carboxylic acids is 1. The molecule has 3 rings (SSSR count). The molecule has 42 heavy (non-hydrogen) atoms. The van der Waals surface area contributed by atoms with Crippen LogP contribution in [0.5, 0.6) is 0 Å². The third-order valence-corrected chi connectivity index (χ3v) is 6.61. The SMILES string of the molecule is C=C/C=C(\C(Cl)=C/CCl)c1cn(CC)c(/C=C/C2=CC=C(C3=CC(OCCCC(=O)O)=CCC=C3)CC=C2F)n1.CC. The number of imidazole rings is 1. The largest absolute Gasteiger partial charge is 0.494 e. The van der Waals surface area contributed by atoms with Crippen LogP contribution in [0.15, 0.2) is 113 Å². The monoisotopic (exact) mass is 612 g/mol. The summed E-state index contributed by atoms with van der Waals surface area (Å²) in [5.74, 6) is 0.444. The van der Waals surface area contributed by atoms with Gasteiger partial charge in [0.2, 0.25) is 0 Å². The number of aryl methyl sites for hydroxylation is 1. The number of carboxylic acid groups (broad SMARTS) is 1. The zero-order valence-corrected chi connectivity index (χ0v) is 26.0. The van der Waals surface area contributed by atoms with Crippen LogP contribution in [-0.4, -0.2) is 33.1 Å². The third kappa shape index (κ3) is 10.7. The number of hydrogen-bond acceptors (Lipinski definition) is 3. The fourth-order valence-electron chi connectivity index (χ4n) is 4.05. The zero-order valence-electron chi connectivity index (χ0n) is 24.5. The Morgan fingerprint density at radius 2 is 2.05 bits per heavy atom. The standard InChI is InChI=1S/C32H33Cl2FN2O3.C2H6/c1-3-8-27(28(34)18-19-33)30-22-37(4-2)31(36-30)17-15-24-13-12-23(14-16-29(24)35)25-9-5-6-10-26(21-25)40-20-7-11-32(38)39;1-2/h3,5,8-10,12-13,15-18,21-22H,1,4,6-7,11,14,19-20H2,2H3,(H,38,39);1-2H3/b17-15+,27-8+,28-18+;. The molecular weight excluding hydrogens is 574 g/mol. The van der Waals surface area contributed by atoms with Crippen LogP contribution in [-0.2, 0) is 16.1 Å². The van der Waals surface area contributed by atoms with Crippen LogP contribution >= 0.6 is 23.2 Å². The number of carboxylic acids is 1. The van der Waals surface area contributed by atoms with Gasteiger partial charge < -0.3 is 14.4 Å². The second kappa shape index (κ2) is 18.7. The Labute approximate surface area is 258 Å². The molecular formula is C34H39Cl2FN2O3. The molecule has 2 aliphatic rings. The van der Waals surface area contributed by atoms with Gasteiger partial charge in [-0.3, -0.25) is 4.79 Å². The predicted octanol–water partition coefficient (Wildman–Crippen LogP) is 9.63. The van der Waals surface area contributed by atoms with Crippen molar-refractivity contribution in [2.75, 3.05) is 12.5 Å². The van der Waals surface area contributed by atoms with Gasteiger partial charge in [0.25, 0.3) is 0 Å². The highest BCUT2D eigenvalue weighted by molar-refractivity contribution is 6.37. The molecule has 0 fully saturated rings. The van der Waals surface area contributed by atoms with Crippen LogP contribution in [0.25, 0.3) is 11.6 Å². The first-order valence-electron chi connectivity index (χ1n) is 14.1. The lowest BCUT2D eigenvalue weighted by Crippen LogP contribution is -2.00. The molecule has 2 aliphatic carbocycles. The van der Waals surface area contributed by atoms with E-state index in [1.54, 1.807) is 42.5 Å². The average molecular weight is 614 g/mol. The van der Waals surface area contributed by atoms with Gasteiger partial charge >= 0.3 is 5.97 Å². The van der Waals surface area contributed by atoms with E-state index in [9.17, 15) is 4.79 Å². The third-order valence-electron chi connectivity index (χ3n) is 6.10. The van der Waals surface area contributed by atoms with Gasteiger partial charge in [0.15, 0.2) is 0 Å². The number of halogens is 3. The van der Waals surface area contributed by atoms with Gasteiger partial charge in [0, 0.05) is 41.2 Å². The molecule has 1 heterocycles. The van der Waals surface area contributed by atoms with Crippen LogP contribution < -0.4 is 0 Å². The molecule has 1 N–H and O–H groups in total. The summed E-state index contributed by atoms with van der Waals surface area (Å²) in [6.45, 7) is 10.8. The van der Waals surface area contributed by atoms with E-state index in [-0.39, 0.29) is 18.1 Å². The Kier molecular flexibility index (Phi) is 15.4. The highest BCUT2D eigenvalue weighted by Gasteiger charge is 2.14. The minimum Gasteiger partial charge on any atom is -0.494 e. The van der Waals surface area contributed by atoms with Crippen molar-refractivity contribution in [1.82, 2.24) is 9.55 Å². The molecule has 0 amide bonds. The van der Waals surface area contributed by atoms with E-state index in [0.717, 1.165) is 11.1 Å². The number of ether oxygens (including phenoxy) is 1. The Bertz CT molecular complexity index is 1390. The van der Waals surface area contributed by atoms with Gasteiger partial charge in [-0.25, -0.2) is 9.37 Å². The number of nitrogens with zero attached hydrogens (tertiary/aromatic N) is 2. The maximum Gasteiger partial charge on any atom is 0.303 e. The van der Waals surface area contributed by atoms with E-state index < -0.39 is 5.97 Å². The van der Waals surface area contributed by atoms with E-state index >= 15 is 4.39 Å². The molecule has 0 saturated carbocycles. The summed E-state index contributed by atoms with van der Waals surface area (Å²) in [4.78, 5) is 15.5. The quantitative estimate of drug-likeness (QED) is 0.137. The van der Waals surface area contributed by atoms with Gasteiger partial charge in [-0.15, -0.1) is 11.6 Å². The Morgan fingerprint density at radius 3 is 2.74 bits per heavy atom. The number of aromatic nitrogens is 2. The lowest BCUT2D eigenvalue weighted by atomic mass is 10.0. The van der Waals surface area contributed by atoms with Crippen LogP contribution in [0, 0.1) is 0 Å². The van der Waals surface area contributed by atoms with Gasteiger partial charge in [0.05, 0.1) is 12.3 Å². The Hall–Kier alpha value is -3.61. The normalized spacial score (nSPS) is 15.8. The Balaban J connectivity index is 0.00000301. The van der Waals surface area contributed by atoms with Gasteiger partial charge in [-0.2, -0.15) is 0 Å². The second-order valence-electron chi connectivity index (χ2n) is 8.89. The maximum absolute atomic E-state index is 15.1. The molecule has 1 aromatic rings. The number of rotatable bonds is 13. The number of hydrogen-bond donors (Lipinski definition) is 1. The topological polar surface area (TPSA) is 64.3 Å². The van der Waals surface area contributed by atoms with Crippen LogP contribution in [0.4, 0.5) is 4.39 Å². The summed E-state index contributed by atoms with van der Waals surface area (Å²) in [7, 11) is 0. The maximum atomic E-state index is 15.1. The first-order chi connectivity index (χ1) is 20.4. The van der Waals surface area contributed by atoms with Crippen molar-refractivity contribution < 1.29 is 19.0 Å². The van der Waals surface area contributed by atoms with E-state index in [4.69, 9.17) is 38.0 Å². The van der Waals surface area contributed by atoms with E-state index in [0.29, 0.717) is 65.9 Å². The van der Waals surface area contributed by atoms with Gasteiger partial charge in [0.1, 0.15) is 17.4 Å². The van der Waals surface area contributed by atoms with Crippen molar-refractivity contribution in [2.45, 2.75) is 53.0 Å². The molecule has 0 atom stereocenters. The van der Waals surface area contributed by atoms with Crippen molar-refractivity contribution in [3.63, 3.8) is 0 Å². The number of carbonyl (C=O) groups is 1. The summed E-state index contributed by atoms with van der Waals surface area (Å²) in [5.41, 5.74) is 3.66. The minimum atomic E-state index is -0.845. The van der Waals surface area contributed by atoms with Gasteiger partial charge in [-0.1, -0.05) is 74.6 Å². The van der Waals surface area contributed by atoms with Crippen molar-refractivity contribution in [3.8, 4) is 0 Å². The Morgan fingerprint density at radius 1 is 1.26 bits per heavy atom. The summed E-state index contributed by atoms with van der Waals surface area (Å²) in [5, 5.41) is 9.30. The number of alkyl halides is 1. The molecule has 0 aliphatic heterocycles. The fraction of sp³-hybridized carbons (Fsp3) is 0.294. The molecule has 224 valence electrons. The molecule has 0 bridgehead atoms. The van der Waals surface area contributed by atoms with E-state index in [1.807, 2.05) is 61.9 Å². The molecule has 0 aromatic carbocycles. The highest BCUT2D eigenvalue weighted by atomic mass is 35.5. The van der Waals surface area contributed by atoms with Crippen LogP contribution in [0.1, 0.15) is 58.0 Å². The summed E-state index contributed by atoms with van der Waals surface area (Å²) in [6, 6.07) is 0. The lowest BCUT2D eigenvalue weighted by Gasteiger charge is -2.09. The minimum absolute atomic E-state index is 0.0593. The lowest BCUT2D eigenvalue weighted by molar-refractivity contribution is -0.137. The average Bonchev–Trinajstić information content (AvgIpc) is 3.11. The van der Waals surface area contributed by atoms with Crippen LogP contribution in [0.3, 0.4) is 0 Å². The first kappa shape index (κ1) is 34.6. The molecule has 0 unspecified atom stereocenters. The summed E-state index contributed by atoms with van der Waals surface area (Å²) in [6.07, 6.45) is 25.2. The fourth-order valence-corrected chi connectivity index (χ4v) is 4.52. The molecule has 0 saturated heterocycles. The van der Waals surface area contributed by atoms with Crippen molar-refractivity contribution in [2.24, 2.45) is 0 Å². The smallest absolute Gasteiger partial charge is 0.303 e. The van der Waals surface area contributed by atoms with Crippen LogP contribution in [0.2, 0.25) is 0 Å². The van der Waals surface area contributed by atoms with E-state index in [2.05, 4.69) is 6.58 Å². The second-order valence-corrected chi connectivity index (χ2v) is 9.60. The molecule has 5 nitrogen and oxygen atoms in total. The van der Waals surface area contributed by atoms with Crippen molar-refractivity contribution in [1.29, 1.82) is 0 Å². The molecule has 8 heteroatoms. The molecule has 1 aromatic heterocycles. The summed E-state index contributed by atoms with van der Waals surface area (Å²) >= 11 is 12.2. The molecule has 0 spiro atoms. The van der Waals surface area contributed by atoms with Gasteiger partial charge in [-0.05, 0) is 67.7 Å².